The van der Waals surface area contributed by atoms with Crippen molar-refractivity contribution in [2.45, 2.75) is 25.4 Å². The lowest BCUT2D eigenvalue weighted by Crippen LogP contribution is -2.41. The van der Waals surface area contributed by atoms with Gasteiger partial charge in [-0.05, 0) is 37.5 Å². The fourth-order valence-corrected chi connectivity index (χ4v) is 3.43. The highest BCUT2D eigenvalue weighted by Gasteiger charge is 2.30. The maximum absolute atomic E-state index is 12.6. The van der Waals surface area contributed by atoms with Gasteiger partial charge in [0.1, 0.15) is 6.10 Å². The van der Waals surface area contributed by atoms with Gasteiger partial charge in [-0.1, -0.05) is 23.2 Å². The van der Waals surface area contributed by atoms with E-state index in [-0.39, 0.29) is 17.9 Å². The standard InChI is InChI=1S/C17H20Cl2N2O3/c18-13-5-4-12(11-14(13)19)16(22)20-6-2-7-21(9-8-20)17(23)15-3-1-10-24-15/h4-5,11,15H,1-3,6-10H2. The third kappa shape index (κ3) is 3.85. The van der Waals surface area contributed by atoms with Crippen LogP contribution in [0.15, 0.2) is 18.2 Å². The molecule has 1 atom stereocenters. The quantitative estimate of drug-likeness (QED) is 0.803. The molecule has 0 bridgehead atoms. The van der Waals surface area contributed by atoms with E-state index < -0.39 is 0 Å². The number of carbonyl (C=O) groups is 2. The predicted molar refractivity (Wildman–Crippen MR) is 92.5 cm³/mol. The lowest BCUT2D eigenvalue weighted by molar-refractivity contribution is -0.140. The average molecular weight is 371 g/mol. The molecule has 24 heavy (non-hydrogen) atoms. The highest BCUT2D eigenvalue weighted by Crippen LogP contribution is 2.23. The topological polar surface area (TPSA) is 49.9 Å². The maximum Gasteiger partial charge on any atom is 0.253 e. The van der Waals surface area contributed by atoms with E-state index in [0.29, 0.717) is 48.4 Å². The number of benzene rings is 1. The lowest BCUT2D eigenvalue weighted by Gasteiger charge is -2.24. The molecule has 0 aliphatic carbocycles. The molecular weight excluding hydrogens is 351 g/mol. The van der Waals surface area contributed by atoms with Crippen molar-refractivity contribution in [1.82, 2.24) is 9.80 Å². The number of halogens is 2. The minimum atomic E-state index is -0.303. The molecule has 1 aromatic carbocycles. The Balaban J connectivity index is 1.63. The van der Waals surface area contributed by atoms with E-state index in [4.69, 9.17) is 27.9 Å². The summed E-state index contributed by atoms with van der Waals surface area (Å²) in [5.41, 5.74) is 0.517. The Morgan fingerprint density at radius 2 is 1.75 bits per heavy atom. The van der Waals surface area contributed by atoms with Crippen LogP contribution in [0, 0.1) is 0 Å². The van der Waals surface area contributed by atoms with Gasteiger partial charge in [0.05, 0.1) is 10.0 Å². The van der Waals surface area contributed by atoms with E-state index in [1.54, 1.807) is 23.1 Å². The van der Waals surface area contributed by atoms with E-state index in [1.807, 2.05) is 4.90 Å². The molecule has 130 valence electrons. The summed E-state index contributed by atoms with van der Waals surface area (Å²) in [5, 5.41) is 0.796. The normalized spacial score (nSPS) is 21.7. The van der Waals surface area contributed by atoms with Gasteiger partial charge < -0.3 is 14.5 Å². The number of hydrogen-bond donors (Lipinski definition) is 0. The van der Waals surface area contributed by atoms with Gasteiger partial charge in [0, 0.05) is 38.3 Å². The molecule has 7 heteroatoms. The largest absolute Gasteiger partial charge is 0.368 e. The van der Waals surface area contributed by atoms with Crippen LogP contribution in [0.25, 0.3) is 0 Å². The van der Waals surface area contributed by atoms with Gasteiger partial charge >= 0.3 is 0 Å². The van der Waals surface area contributed by atoms with Gasteiger partial charge in [0.2, 0.25) is 0 Å². The van der Waals surface area contributed by atoms with Crippen molar-refractivity contribution < 1.29 is 14.3 Å². The monoisotopic (exact) mass is 370 g/mol. The number of rotatable bonds is 2. The predicted octanol–water partition coefficient (Wildman–Crippen LogP) is 2.85. The maximum atomic E-state index is 12.6. The Bertz CT molecular complexity index is 632. The average Bonchev–Trinajstić information content (AvgIpc) is 3.00. The molecule has 2 aliphatic rings. The highest BCUT2D eigenvalue weighted by molar-refractivity contribution is 6.42. The second-order valence-electron chi connectivity index (χ2n) is 6.10. The molecule has 2 heterocycles. The molecule has 3 rings (SSSR count). The second kappa shape index (κ2) is 7.72. The number of nitrogens with zero attached hydrogens (tertiary/aromatic N) is 2. The molecule has 0 radical (unpaired) electrons. The van der Waals surface area contributed by atoms with Crippen LogP contribution < -0.4 is 0 Å². The Hall–Kier alpha value is -1.30. The van der Waals surface area contributed by atoms with Crippen LogP contribution in [0.3, 0.4) is 0 Å². The van der Waals surface area contributed by atoms with Gasteiger partial charge in [-0.3, -0.25) is 9.59 Å². The SMILES string of the molecule is O=C(c1ccc(Cl)c(Cl)c1)N1CCCN(C(=O)C2CCCO2)CC1. The highest BCUT2D eigenvalue weighted by atomic mass is 35.5. The minimum Gasteiger partial charge on any atom is -0.368 e. The van der Waals surface area contributed by atoms with E-state index in [0.717, 1.165) is 19.3 Å². The van der Waals surface area contributed by atoms with E-state index >= 15 is 0 Å². The summed E-state index contributed by atoms with van der Waals surface area (Å²) in [5.74, 6) is -0.0312. The fourth-order valence-electron chi connectivity index (χ4n) is 3.13. The van der Waals surface area contributed by atoms with Crippen molar-refractivity contribution in [3.05, 3.63) is 33.8 Å². The summed E-state index contributed by atoms with van der Waals surface area (Å²) < 4.78 is 5.48. The molecule has 0 aromatic heterocycles. The zero-order chi connectivity index (χ0) is 17.1. The Kier molecular flexibility index (Phi) is 5.64. The van der Waals surface area contributed by atoms with Crippen LogP contribution in [0.5, 0.6) is 0 Å². The summed E-state index contributed by atoms with van der Waals surface area (Å²) in [7, 11) is 0. The first kappa shape index (κ1) is 17.5. The molecule has 1 aromatic rings. The molecule has 2 fully saturated rings. The Labute approximate surface area is 151 Å². The van der Waals surface area contributed by atoms with Gasteiger partial charge in [-0.2, -0.15) is 0 Å². The smallest absolute Gasteiger partial charge is 0.253 e. The van der Waals surface area contributed by atoms with Crippen LogP contribution >= 0.6 is 23.2 Å². The number of amides is 2. The summed E-state index contributed by atoms with van der Waals surface area (Å²) in [6.07, 6.45) is 2.18. The van der Waals surface area contributed by atoms with Crippen molar-refractivity contribution in [3.8, 4) is 0 Å². The summed E-state index contributed by atoms with van der Waals surface area (Å²) in [6, 6.07) is 4.89. The summed E-state index contributed by atoms with van der Waals surface area (Å²) >= 11 is 11.9. The van der Waals surface area contributed by atoms with Crippen LogP contribution in [0.4, 0.5) is 0 Å². The third-order valence-electron chi connectivity index (χ3n) is 4.47. The first-order valence-corrected chi connectivity index (χ1v) is 8.96. The van der Waals surface area contributed by atoms with E-state index in [9.17, 15) is 9.59 Å². The molecule has 0 spiro atoms. The molecule has 0 N–H and O–H groups in total. The van der Waals surface area contributed by atoms with Gasteiger partial charge in [0.15, 0.2) is 0 Å². The molecule has 2 saturated heterocycles. The zero-order valence-corrected chi connectivity index (χ0v) is 14.9. The lowest BCUT2D eigenvalue weighted by atomic mass is 10.2. The number of carbonyl (C=O) groups excluding carboxylic acids is 2. The number of hydrogen-bond acceptors (Lipinski definition) is 3. The van der Waals surface area contributed by atoms with Crippen LogP contribution in [-0.4, -0.2) is 60.5 Å². The number of ether oxygens (including phenoxy) is 1. The zero-order valence-electron chi connectivity index (χ0n) is 13.3. The molecule has 2 amide bonds. The van der Waals surface area contributed by atoms with Crippen molar-refractivity contribution >= 4 is 35.0 Å². The third-order valence-corrected chi connectivity index (χ3v) is 5.21. The van der Waals surface area contributed by atoms with Crippen molar-refractivity contribution in [1.29, 1.82) is 0 Å². The van der Waals surface area contributed by atoms with E-state index in [1.165, 1.54) is 0 Å². The van der Waals surface area contributed by atoms with Crippen molar-refractivity contribution in [2.24, 2.45) is 0 Å². The summed E-state index contributed by atoms with van der Waals surface area (Å²) in [4.78, 5) is 28.7. The van der Waals surface area contributed by atoms with Gasteiger partial charge in [0.25, 0.3) is 11.8 Å². The van der Waals surface area contributed by atoms with Gasteiger partial charge in [-0.25, -0.2) is 0 Å². The van der Waals surface area contributed by atoms with Gasteiger partial charge in [-0.15, -0.1) is 0 Å². The van der Waals surface area contributed by atoms with Crippen LogP contribution in [-0.2, 0) is 9.53 Å². The molecule has 2 aliphatic heterocycles. The van der Waals surface area contributed by atoms with Crippen molar-refractivity contribution in [3.63, 3.8) is 0 Å². The van der Waals surface area contributed by atoms with E-state index in [2.05, 4.69) is 0 Å². The minimum absolute atomic E-state index is 0.0522. The second-order valence-corrected chi connectivity index (χ2v) is 6.92. The van der Waals surface area contributed by atoms with Crippen LogP contribution in [0.1, 0.15) is 29.6 Å². The molecule has 0 saturated carbocycles. The first-order chi connectivity index (χ1) is 11.6. The molecule has 5 nitrogen and oxygen atoms in total. The summed E-state index contributed by atoms with van der Waals surface area (Å²) in [6.45, 7) is 2.98. The van der Waals surface area contributed by atoms with Crippen molar-refractivity contribution in [2.75, 3.05) is 32.8 Å². The Morgan fingerprint density at radius 3 is 2.46 bits per heavy atom. The Morgan fingerprint density at radius 1 is 1.00 bits per heavy atom. The first-order valence-electron chi connectivity index (χ1n) is 8.21. The van der Waals surface area contributed by atoms with Crippen LogP contribution in [0.2, 0.25) is 10.0 Å². The fraction of sp³-hybridized carbons (Fsp3) is 0.529. The molecular formula is C17H20Cl2N2O3. The molecule has 1 unspecified atom stereocenters.